The van der Waals surface area contributed by atoms with Gasteiger partial charge in [-0.3, -0.25) is 4.79 Å². The van der Waals surface area contributed by atoms with Gasteiger partial charge in [0.1, 0.15) is 0 Å². The van der Waals surface area contributed by atoms with Crippen LogP contribution in [0.5, 0.6) is 11.5 Å². The molecule has 3 aromatic rings. The van der Waals surface area contributed by atoms with Crippen LogP contribution in [-0.2, 0) is 11.2 Å². The van der Waals surface area contributed by atoms with Crippen molar-refractivity contribution in [1.29, 1.82) is 0 Å². The molecule has 0 fully saturated rings. The number of benzene rings is 2. The fourth-order valence-electron chi connectivity index (χ4n) is 2.92. The van der Waals surface area contributed by atoms with Gasteiger partial charge in [-0.1, -0.05) is 23.7 Å². The third-order valence-electron chi connectivity index (χ3n) is 3.97. The number of H-pyrrole nitrogens is 1. The smallest absolute Gasteiger partial charge is 0.307 e. The Hall–Kier alpha value is -2.66. The first-order valence-corrected chi connectivity index (χ1v) is 8.25. The quantitative estimate of drug-likeness (QED) is 0.678. The number of carboxylic acids is 1. The Kier molecular flexibility index (Phi) is 4.86. The zero-order valence-electron chi connectivity index (χ0n) is 13.9. The number of methoxy groups -OCH3 is 1. The number of aliphatic carboxylic acids is 1. The molecule has 6 heteroatoms. The summed E-state index contributed by atoms with van der Waals surface area (Å²) in [5, 5.41) is 10.7. The summed E-state index contributed by atoms with van der Waals surface area (Å²) in [7, 11) is 1.58. The predicted octanol–water partition coefficient (Wildman–Crippen LogP) is 4.52. The number of rotatable bonds is 6. The average Bonchev–Trinajstić information content (AvgIpc) is 2.95. The van der Waals surface area contributed by atoms with Gasteiger partial charge in [-0.05, 0) is 36.8 Å². The van der Waals surface area contributed by atoms with Crippen LogP contribution in [0.2, 0.25) is 5.02 Å². The third kappa shape index (κ3) is 3.28. The molecule has 0 spiro atoms. The number of hydrogen-bond acceptors (Lipinski definition) is 3. The van der Waals surface area contributed by atoms with E-state index >= 15 is 0 Å². The number of fused-ring (bicyclic) bond motifs is 1. The molecule has 1 aromatic heterocycles. The molecule has 130 valence electrons. The van der Waals surface area contributed by atoms with Crippen molar-refractivity contribution < 1.29 is 19.4 Å². The van der Waals surface area contributed by atoms with Crippen molar-refractivity contribution in [3.05, 3.63) is 47.0 Å². The van der Waals surface area contributed by atoms with E-state index in [1.54, 1.807) is 19.2 Å². The number of para-hydroxylation sites is 1. The van der Waals surface area contributed by atoms with Crippen molar-refractivity contribution in [1.82, 2.24) is 4.98 Å². The van der Waals surface area contributed by atoms with E-state index in [1.807, 2.05) is 31.2 Å². The Morgan fingerprint density at radius 3 is 2.72 bits per heavy atom. The molecule has 5 nitrogen and oxygen atoms in total. The minimum atomic E-state index is -0.902. The second-order valence-corrected chi connectivity index (χ2v) is 5.92. The largest absolute Gasteiger partial charge is 0.493 e. The molecular formula is C19H18ClNO4. The summed E-state index contributed by atoms with van der Waals surface area (Å²) in [6.07, 6.45) is -0.105. The topological polar surface area (TPSA) is 71.6 Å². The van der Waals surface area contributed by atoms with Gasteiger partial charge in [0.2, 0.25) is 0 Å². The fourth-order valence-corrected chi connectivity index (χ4v) is 3.14. The Bertz CT molecular complexity index is 933. The molecule has 0 aliphatic heterocycles. The number of aromatic nitrogens is 1. The van der Waals surface area contributed by atoms with Crippen LogP contribution < -0.4 is 9.47 Å². The van der Waals surface area contributed by atoms with Crippen molar-refractivity contribution in [2.75, 3.05) is 13.7 Å². The fraction of sp³-hybridized carbons (Fsp3) is 0.211. The summed E-state index contributed by atoms with van der Waals surface area (Å²) >= 11 is 6.27. The molecule has 0 saturated heterocycles. The van der Waals surface area contributed by atoms with Crippen LogP contribution >= 0.6 is 11.6 Å². The Balaban J connectivity index is 2.22. The molecule has 0 amide bonds. The molecule has 1 heterocycles. The summed E-state index contributed by atoms with van der Waals surface area (Å²) in [5.41, 5.74) is 2.95. The Morgan fingerprint density at radius 1 is 1.24 bits per heavy atom. The third-order valence-corrected chi connectivity index (χ3v) is 4.29. The normalized spacial score (nSPS) is 10.8. The Labute approximate surface area is 150 Å². The monoisotopic (exact) mass is 359 g/mol. The lowest BCUT2D eigenvalue weighted by Gasteiger charge is -2.11. The highest BCUT2D eigenvalue weighted by Crippen LogP contribution is 2.37. The highest BCUT2D eigenvalue weighted by Gasteiger charge is 2.18. The van der Waals surface area contributed by atoms with Gasteiger partial charge in [-0.25, -0.2) is 0 Å². The lowest BCUT2D eigenvalue weighted by Crippen LogP contribution is -2.01. The van der Waals surface area contributed by atoms with Crippen molar-refractivity contribution in [2.24, 2.45) is 0 Å². The first-order valence-electron chi connectivity index (χ1n) is 7.87. The van der Waals surface area contributed by atoms with Crippen molar-refractivity contribution in [3.8, 4) is 22.8 Å². The highest BCUT2D eigenvalue weighted by atomic mass is 35.5. The predicted molar refractivity (Wildman–Crippen MR) is 97.8 cm³/mol. The van der Waals surface area contributed by atoms with Crippen LogP contribution in [0.25, 0.3) is 22.2 Å². The lowest BCUT2D eigenvalue weighted by atomic mass is 10.0. The van der Waals surface area contributed by atoms with Crippen molar-refractivity contribution >= 4 is 28.5 Å². The maximum atomic E-state index is 11.4. The van der Waals surface area contributed by atoms with Crippen LogP contribution in [0.3, 0.4) is 0 Å². The number of carbonyl (C=O) groups is 1. The molecule has 0 unspecified atom stereocenters. The van der Waals surface area contributed by atoms with E-state index in [9.17, 15) is 9.90 Å². The summed E-state index contributed by atoms with van der Waals surface area (Å²) in [4.78, 5) is 14.6. The van der Waals surface area contributed by atoms with Gasteiger partial charge in [0.25, 0.3) is 0 Å². The number of hydrogen-bond donors (Lipinski definition) is 2. The van der Waals surface area contributed by atoms with Crippen molar-refractivity contribution in [2.45, 2.75) is 13.3 Å². The molecular weight excluding hydrogens is 342 g/mol. The summed E-state index contributed by atoms with van der Waals surface area (Å²) < 4.78 is 10.9. The van der Waals surface area contributed by atoms with E-state index in [0.29, 0.717) is 34.4 Å². The molecule has 3 rings (SSSR count). The molecule has 0 radical (unpaired) electrons. The zero-order valence-corrected chi connectivity index (χ0v) is 14.7. The van der Waals surface area contributed by atoms with Gasteiger partial charge in [0.15, 0.2) is 11.5 Å². The molecule has 0 atom stereocenters. The molecule has 0 saturated carbocycles. The number of halogens is 1. The van der Waals surface area contributed by atoms with Crippen molar-refractivity contribution in [3.63, 3.8) is 0 Å². The van der Waals surface area contributed by atoms with Gasteiger partial charge in [0.05, 0.1) is 36.4 Å². The SMILES string of the molecule is CCOc1cc(-c2[nH]c3c(Cl)cccc3c2CC(=O)O)ccc1OC. The first kappa shape index (κ1) is 17.2. The number of carboxylic acid groups (broad SMARTS) is 1. The molecule has 25 heavy (non-hydrogen) atoms. The standard InChI is InChI=1S/C19H18ClNO4/c1-3-25-16-9-11(7-8-15(16)24-2)18-13(10-17(22)23)12-5-4-6-14(20)19(12)21-18/h4-9,21H,3,10H2,1-2H3,(H,22,23). The average molecular weight is 360 g/mol. The number of ether oxygens (including phenoxy) is 2. The van der Waals surface area contributed by atoms with Gasteiger partial charge >= 0.3 is 5.97 Å². The van der Waals surface area contributed by atoms with Crippen LogP contribution in [-0.4, -0.2) is 29.8 Å². The maximum absolute atomic E-state index is 11.4. The molecule has 2 N–H and O–H groups in total. The summed E-state index contributed by atoms with van der Waals surface area (Å²) in [6.45, 7) is 2.39. The Morgan fingerprint density at radius 2 is 2.04 bits per heavy atom. The lowest BCUT2D eigenvalue weighted by molar-refractivity contribution is -0.136. The molecule has 0 aliphatic carbocycles. The van der Waals surface area contributed by atoms with Gasteiger partial charge < -0.3 is 19.6 Å². The van der Waals surface area contributed by atoms with E-state index in [4.69, 9.17) is 21.1 Å². The van der Waals surface area contributed by atoms with Crippen LogP contribution in [0, 0.1) is 0 Å². The van der Waals surface area contributed by atoms with Gasteiger partial charge in [-0.2, -0.15) is 0 Å². The van der Waals surface area contributed by atoms with Crippen LogP contribution in [0.4, 0.5) is 0 Å². The van der Waals surface area contributed by atoms with Crippen LogP contribution in [0.1, 0.15) is 12.5 Å². The highest BCUT2D eigenvalue weighted by molar-refractivity contribution is 6.35. The first-order chi connectivity index (χ1) is 12.0. The molecule has 2 aromatic carbocycles. The van der Waals surface area contributed by atoms with E-state index in [2.05, 4.69) is 4.98 Å². The van der Waals surface area contributed by atoms with E-state index in [0.717, 1.165) is 16.5 Å². The van der Waals surface area contributed by atoms with Gasteiger partial charge in [0, 0.05) is 10.9 Å². The van der Waals surface area contributed by atoms with E-state index in [1.165, 1.54) is 0 Å². The zero-order chi connectivity index (χ0) is 18.0. The molecule has 0 aliphatic rings. The summed E-state index contributed by atoms with van der Waals surface area (Å²) in [6, 6.07) is 11.0. The van der Waals surface area contributed by atoms with E-state index < -0.39 is 5.97 Å². The second-order valence-electron chi connectivity index (χ2n) is 5.51. The van der Waals surface area contributed by atoms with Gasteiger partial charge in [-0.15, -0.1) is 0 Å². The van der Waals surface area contributed by atoms with Crippen LogP contribution in [0.15, 0.2) is 36.4 Å². The summed E-state index contributed by atoms with van der Waals surface area (Å²) in [5.74, 6) is 0.328. The minimum absolute atomic E-state index is 0.105. The number of nitrogens with one attached hydrogen (secondary N) is 1. The maximum Gasteiger partial charge on any atom is 0.307 e. The second kappa shape index (κ2) is 7.07. The minimum Gasteiger partial charge on any atom is -0.493 e. The number of aromatic amines is 1. The molecule has 0 bridgehead atoms. The van der Waals surface area contributed by atoms with E-state index in [-0.39, 0.29) is 6.42 Å².